The molecule has 0 aliphatic rings. The third kappa shape index (κ3) is 5.98. The van der Waals surface area contributed by atoms with Crippen LogP contribution in [-0.4, -0.2) is 12.5 Å². The fourth-order valence-corrected chi connectivity index (χ4v) is 0.931. The summed E-state index contributed by atoms with van der Waals surface area (Å²) in [6, 6.07) is 0. The summed E-state index contributed by atoms with van der Waals surface area (Å²) in [4.78, 5) is 11.3. The Kier molecular flexibility index (Phi) is 6.72. The number of amides is 1. The molecule has 0 saturated carbocycles. The lowest BCUT2D eigenvalue weighted by atomic mass is 10.2. The van der Waals surface area contributed by atoms with Crippen LogP contribution in [0.5, 0.6) is 0 Å². The van der Waals surface area contributed by atoms with Crippen molar-refractivity contribution in [3.05, 3.63) is 11.6 Å². The summed E-state index contributed by atoms with van der Waals surface area (Å²) in [5.41, 5.74) is 0.781. The van der Waals surface area contributed by atoms with Crippen LogP contribution in [-0.2, 0) is 4.79 Å². The second-order valence-electron chi connectivity index (χ2n) is 2.86. The highest BCUT2D eigenvalue weighted by Gasteiger charge is 2.00. The van der Waals surface area contributed by atoms with Crippen molar-refractivity contribution in [1.82, 2.24) is 5.32 Å². The van der Waals surface area contributed by atoms with E-state index in [2.05, 4.69) is 11.2 Å². The zero-order valence-corrected chi connectivity index (χ0v) is 8.39. The Balaban J connectivity index is 3.64. The number of rotatable bonds is 5. The average Bonchev–Trinajstić information content (AvgIpc) is 2.12. The number of carbonyl (C=O) groups excluding carboxylic acids is 1. The Morgan fingerprint density at radius 2 is 2.31 bits per heavy atom. The zero-order chi connectivity index (χ0) is 10.1. The normalized spacial score (nSPS) is 10.7. The molecule has 0 saturated heterocycles. The molecular weight excluding hydrogens is 162 g/mol. The molecule has 0 aromatic heterocycles. The molecule has 0 radical (unpaired) electrons. The van der Waals surface area contributed by atoms with E-state index in [-0.39, 0.29) is 5.91 Å². The molecule has 0 aliphatic heterocycles. The minimum absolute atomic E-state index is 0.0128. The third-order valence-electron chi connectivity index (χ3n) is 1.65. The maximum atomic E-state index is 11.3. The van der Waals surface area contributed by atoms with E-state index in [9.17, 15) is 4.79 Å². The monoisotopic (exact) mass is 179 g/mol. The van der Waals surface area contributed by atoms with Crippen LogP contribution in [0.1, 0.15) is 33.1 Å². The number of carbonyl (C=O) groups is 1. The molecular formula is C11H17NO. The van der Waals surface area contributed by atoms with Crippen molar-refractivity contribution in [2.45, 2.75) is 33.1 Å². The minimum atomic E-state index is 0.0128. The molecule has 0 aromatic carbocycles. The highest BCUT2D eigenvalue weighted by molar-refractivity contribution is 5.92. The van der Waals surface area contributed by atoms with Gasteiger partial charge in [-0.2, -0.15) is 0 Å². The molecule has 1 amide bonds. The van der Waals surface area contributed by atoms with E-state index in [1.54, 1.807) is 0 Å². The molecule has 0 aromatic rings. The van der Waals surface area contributed by atoms with Crippen LogP contribution >= 0.6 is 0 Å². The second-order valence-corrected chi connectivity index (χ2v) is 2.86. The van der Waals surface area contributed by atoms with E-state index in [1.807, 2.05) is 19.9 Å². The summed E-state index contributed by atoms with van der Waals surface area (Å²) < 4.78 is 0. The third-order valence-corrected chi connectivity index (χ3v) is 1.65. The van der Waals surface area contributed by atoms with Gasteiger partial charge in [-0.15, -0.1) is 12.3 Å². The Labute approximate surface area is 80.4 Å². The van der Waals surface area contributed by atoms with E-state index in [1.165, 1.54) is 0 Å². The first kappa shape index (κ1) is 11.8. The summed E-state index contributed by atoms with van der Waals surface area (Å²) in [7, 11) is 0. The van der Waals surface area contributed by atoms with Gasteiger partial charge >= 0.3 is 0 Å². The molecule has 0 bridgehead atoms. The van der Waals surface area contributed by atoms with Gasteiger partial charge in [0, 0.05) is 18.5 Å². The summed E-state index contributed by atoms with van der Waals surface area (Å²) in [5.74, 6) is 2.54. The quantitative estimate of drug-likeness (QED) is 0.389. The van der Waals surface area contributed by atoms with Crippen molar-refractivity contribution < 1.29 is 4.79 Å². The largest absolute Gasteiger partial charge is 0.352 e. The highest BCUT2D eigenvalue weighted by Crippen LogP contribution is 1.94. The van der Waals surface area contributed by atoms with Gasteiger partial charge in [0.1, 0.15) is 0 Å². The average molecular weight is 179 g/mol. The molecule has 13 heavy (non-hydrogen) atoms. The SMILES string of the molecule is C#CCCCNC(=O)/C(C)=C\CC. The van der Waals surface area contributed by atoms with E-state index in [0.717, 1.165) is 24.8 Å². The fourth-order valence-electron chi connectivity index (χ4n) is 0.931. The summed E-state index contributed by atoms with van der Waals surface area (Å²) >= 11 is 0. The molecule has 72 valence electrons. The fraction of sp³-hybridized carbons (Fsp3) is 0.545. The van der Waals surface area contributed by atoms with Gasteiger partial charge in [-0.25, -0.2) is 0 Å². The van der Waals surface area contributed by atoms with E-state index in [0.29, 0.717) is 6.54 Å². The van der Waals surface area contributed by atoms with Crippen LogP contribution in [0.15, 0.2) is 11.6 Å². The van der Waals surface area contributed by atoms with Crippen molar-refractivity contribution in [1.29, 1.82) is 0 Å². The van der Waals surface area contributed by atoms with E-state index >= 15 is 0 Å². The van der Waals surface area contributed by atoms with Crippen molar-refractivity contribution >= 4 is 5.91 Å². The van der Waals surface area contributed by atoms with E-state index < -0.39 is 0 Å². The van der Waals surface area contributed by atoms with Crippen molar-refractivity contribution in [3.8, 4) is 12.3 Å². The molecule has 0 rings (SSSR count). The predicted octanol–water partition coefficient (Wildman–Crippen LogP) is 1.87. The zero-order valence-electron chi connectivity index (χ0n) is 8.39. The van der Waals surface area contributed by atoms with Crippen LogP contribution in [0.25, 0.3) is 0 Å². The van der Waals surface area contributed by atoms with Gasteiger partial charge in [0.15, 0.2) is 0 Å². The van der Waals surface area contributed by atoms with Crippen molar-refractivity contribution in [2.75, 3.05) is 6.54 Å². The van der Waals surface area contributed by atoms with Crippen LogP contribution in [0.2, 0.25) is 0 Å². The van der Waals surface area contributed by atoms with Gasteiger partial charge in [0.25, 0.3) is 0 Å². The Morgan fingerprint density at radius 1 is 1.62 bits per heavy atom. The molecule has 0 spiro atoms. The number of hydrogen-bond donors (Lipinski definition) is 1. The lowest BCUT2D eigenvalue weighted by Crippen LogP contribution is -2.24. The number of unbranched alkanes of at least 4 members (excludes halogenated alkanes) is 1. The van der Waals surface area contributed by atoms with Crippen molar-refractivity contribution in [3.63, 3.8) is 0 Å². The molecule has 0 atom stereocenters. The van der Waals surface area contributed by atoms with Crippen LogP contribution in [0.3, 0.4) is 0 Å². The van der Waals surface area contributed by atoms with Gasteiger partial charge in [-0.05, 0) is 19.8 Å². The molecule has 0 aliphatic carbocycles. The van der Waals surface area contributed by atoms with E-state index in [4.69, 9.17) is 6.42 Å². The summed E-state index contributed by atoms with van der Waals surface area (Å²) in [5, 5.41) is 2.80. The first-order valence-corrected chi connectivity index (χ1v) is 4.60. The number of terminal acetylenes is 1. The maximum absolute atomic E-state index is 11.3. The summed E-state index contributed by atoms with van der Waals surface area (Å²) in [6.45, 7) is 4.49. The summed E-state index contributed by atoms with van der Waals surface area (Å²) in [6.07, 6.45) is 9.45. The van der Waals surface area contributed by atoms with Gasteiger partial charge in [-0.1, -0.05) is 13.0 Å². The lowest BCUT2D eigenvalue weighted by Gasteiger charge is -2.03. The van der Waals surface area contributed by atoms with Crippen molar-refractivity contribution in [2.24, 2.45) is 0 Å². The Bertz CT molecular complexity index is 223. The molecule has 1 N–H and O–H groups in total. The van der Waals surface area contributed by atoms with Crippen LogP contribution in [0.4, 0.5) is 0 Å². The van der Waals surface area contributed by atoms with Gasteiger partial charge < -0.3 is 5.32 Å². The number of nitrogens with one attached hydrogen (secondary N) is 1. The molecule has 0 unspecified atom stereocenters. The standard InChI is InChI=1S/C11H17NO/c1-4-6-7-9-12-11(13)10(3)8-5-2/h1,8H,5-7,9H2,2-3H3,(H,12,13)/b10-8-. The Morgan fingerprint density at radius 3 is 2.85 bits per heavy atom. The minimum Gasteiger partial charge on any atom is -0.352 e. The van der Waals surface area contributed by atoms with Crippen LogP contribution in [0, 0.1) is 12.3 Å². The van der Waals surface area contributed by atoms with Gasteiger partial charge in [-0.3, -0.25) is 4.79 Å². The molecule has 2 heteroatoms. The van der Waals surface area contributed by atoms with Crippen LogP contribution < -0.4 is 5.32 Å². The molecule has 2 nitrogen and oxygen atoms in total. The first-order chi connectivity index (χ1) is 6.22. The Hall–Kier alpha value is -1.23. The first-order valence-electron chi connectivity index (χ1n) is 4.60. The van der Waals surface area contributed by atoms with Gasteiger partial charge in [0.05, 0.1) is 0 Å². The second kappa shape index (κ2) is 7.42. The highest BCUT2D eigenvalue weighted by atomic mass is 16.1. The smallest absolute Gasteiger partial charge is 0.246 e. The maximum Gasteiger partial charge on any atom is 0.246 e. The molecule has 0 fully saturated rings. The van der Waals surface area contributed by atoms with Gasteiger partial charge in [0.2, 0.25) is 5.91 Å². The number of hydrogen-bond acceptors (Lipinski definition) is 1. The topological polar surface area (TPSA) is 29.1 Å². The number of allylic oxidation sites excluding steroid dienone is 1. The molecule has 0 heterocycles. The predicted molar refractivity (Wildman–Crippen MR) is 55.1 cm³/mol. The lowest BCUT2D eigenvalue weighted by molar-refractivity contribution is -0.117.